The van der Waals surface area contributed by atoms with Crippen molar-refractivity contribution in [1.29, 1.82) is 0 Å². The number of rotatable bonds is 10. The minimum Gasteiger partial charge on any atom is -0.508 e. The van der Waals surface area contributed by atoms with E-state index in [1.165, 1.54) is 9.91 Å². The van der Waals surface area contributed by atoms with E-state index in [0.717, 1.165) is 44.5 Å². The summed E-state index contributed by atoms with van der Waals surface area (Å²) in [5, 5.41) is 16.7. The third-order valence-corrected chi connectivity index (χ3v) is 13.8. The minimum atomic E-state index is -1.16. The summed E-state index contributed by atoms with van der Waals surface area (Å²) in [5.41, 5.74) is 9.54. The molecule has 0 saturated carbocycles. The number of pyridine rings is 1. The van der Waals surface area contributed by atoms with Gasteiger partial charge >= 0.3 is 5.97 Å². The molecule has 3 fully saturated rings. The Morgan fingerprint density at radius 2 is 1.84 bits per heavy atom. The average molecular weight is 920 g/mol. The van der Waals surface area contributed by atoms with Crippen LogP contribution in [0.3, 0.4) is 0 Å². The largest absolute Gasteiger partial charge is 0.508 e. The second-order valence-corrected chi connectivity index (χ2v) is 19.8. The van der Waals surface area contributed by atoms with Crippen LogP contribution in [0.4, 0.5) is 0 Å². The quantitative estimate of drug-likeness (QED) is 0.141. The molecule has 2 aromatic carbocycles. The normalized spacial score (nSPS) is 22.8. The van der Waals surface area contributed by atoms with E-state index >= 15 is 0 Å². The molecule has 0 aliphatic carbocycles. The fourth-order valence-electron chi connectivity index (χ4n) is 10.2. The summed E-state index contributed by atoms with van der Waals surface area (Å²) >= 11 is 0. The molecule has 358 valence electrons. The summed E-state index contributed by atoms with van der Waals surface area (Å²) in [6.45, 7) is 14.0. The minimum absolute atomic E-state index is 0.00973. The van der Waals surface area contributed by atoms with Gasteiger partial charge in [0, 0.05) is 74.8 Å². The van der Waals surface area contributed by atoms with Crippen molar-refractivity contribution in [2.24, 2.45) is 17.3 Å². The maximum absolute atomic E-state index is 14.7. The van der Waals surface area contributed by atoms with Crippen molar-refractivity contribution in [3.8, 4) is 28.1 Å². The van der Waals surface area contributed by atoms with E-state index in [0.29, 0.717) is 50.9 Å². The molecule has 6 atom stereocenters. The van der Waals surface area contributed by atoms with Crippen molar-refractivity contribution in [2.75, 3.05) is 47.0 Å². The monoisotopic (exact) mass is 919 g/mol. The number of benzene rings is 2. The molecule has 6 bridgehead atoms. The van der Waals surface area contributed by atoms with Gasteiger partial charge < -0.3 is 39.0 Å². The van der Waals surface area contributed by atoms with E-state index in [4.69, 9.17) is 19.2 Å². The number of likely N-dealkylation sites (N-methyl/N-ethyl adjacent to an activating group) is 1. The Bertz CT molecular complexity index is 2550. The maximum Gasteiger partial charge on any atom is 0.324 e. The Balaban J connectivity index is 1.18. The van der Waals surface area contributed by atoms with E-state index in [2.05, 4.69) is 54.3 Å². The Hall–Kier alpha value is -5.84. The number of fused-ring (bicyclic) bond motifs is 6. The van der Waals surface area contributed by atoms with Gasteiger partial charge in [-0.3, -0.25) is 34.0 Å². The number of aromatic hydroxyl groups is 1. The molecule has 4 aliphatic rings. The van der Waals surface area contributed by atoms with Gasteiger partial charge in [0.1, 0.15) is 23.9 Å². The van der Waals surface area contributed by atoms with Crippen molar-refractivity contribution in [2.45, 2.75) is 111 Å². The van der Waals surface area contributed by atoms with E-state index < -0.39 is 53.3 Å². The van der Waals surface area contributed by atoms with Crippen LogP contribution < -0.4 is 10.7 Å². The smallest absolute Gasteiger partial charge is 0.324 e. The number of likely N-dealkylation sites (tertiary alicyclic amines) is 1. The summed E-state index contributed by atoms with van der Waals surface area (Å²) in [6, 6.07) is 12.5. The molecule has 1 unspecified atom stereocenters. The second kappa shape index (κ2) is 19.4. The summed E-state index contributed by atoms with van der Waals surface area (Å²) in [5.74, 6) is -2.70. The van der Waals surface area contributed by atoms with Gasteiger partial charge in [-0.15, -0.1) is 0 Å². The van der Waals surface area contributed by atoms with Gasteiger partial charge in [0.05, 0.1) is 36.6 Å². The number of nitrogens with zero attached hydrogens (tertiary/aromatic N) is 5. The number of nitrogens with one attached hydrogen (secondary N) is 2. The number of aryl methyl sites for hydroxylation is 1. The molecule has 0 spiro atoms. The molecule has 16 heteroatoms. The standard InChI is InChI=1S/C51H65N7O9/c1-9-57-41-15-14-32-24-37(41)38(45(57)36-12-10-17-52-43(36)30(4)65-8)25-51(5,6)28-67-50(64)39-13-11-18-58(54-39)48(62)40(22-31-20-34(32)23-35(59)21-31)53-46(60)44(29(2)3)55(7)47(61)33-16-19-56(26-33)49(63)42-27-66-42/h10,12,14-15,17,20-21,23-24,29-30,33,39-40,42,44,54,59H,9,11,13,16,18-19,22,25-28H2,1-8H3,(H,53,60)/t30-,33-,39-,40-,42?,44-/m0/s1. The number of phenolic OH excluding ortho intramolecular Hbond substituents is 1. The third kappa shape index (κ3) is 9.93. The summed E-state index contributed by atoms with van der Waals surface area (Å²) in [7, 11) is 3.26. The molecule has 4 aromatic rings. The number of carbonyl (C=O) groups is 5. The topological polar surface area (TPSA) is 188 Å². The number of methoxy groups -OCH3 is 1. The Morgan fingerprint density at radius 1 is 1.06 bits per heavy atom. The number of hydrazine groups is 1. The first kappa shape index (κ1) is 47.6. The number of phenols is 1. The lowest BCUT2D eigenvalue weighted by molar-refractivity contribution is -0.155. The molecule has 4 aliphatic heterocycles. The van der Waals surface area contributed by atoms with Crippen LogP contribution in [-0.2, 0) is 57.6 Å². The molecule has 16 nitrogen and oxygen atoms in total. The van der Waals surface area contributed by atoms with E-state index in [1.807, 2.05) is 39.0 Å². The van der Waals surface area contributed by atoms with Crippen molar-refractivity contribution in [3.05, 3.63) is 71.5 Å². The van der Waals surface area contributed by atoms with Crippen molar-refractivity contribution in [3.63, 3.8) is 0 Å². The fourth-order valence-corrected chi connectivity index (χ4v) is 10.2. The molecule has 3 saturated heterocycles. The van der Waals surface area contributed by atoms with E-state index in [-0.39, 0.29) is 55.7 Å². The first-order valence-corrected chi connectivity index (χ1v) is 23.7. The van der Waals surface area contributed by atoms with E-state index in [1.54, 1.807) is 37.4 Å². The lowest BCUT2D eigenvalue weighted by Gasteiger charge is -2.37. The molecule has 4 amide bonds. The number of esters is 1. The van der Waals surface area contributed by atoms with Crippen LogP contribution in [0.1, 0.15) is 83.7 Å². The molecule has 2 aromatic heterocycles. The molecule has 3 N–H and O–H groups in total. The van der Waals surface area contributed by atoms with Gasteiger partial charge in [-0.25, -0.2) is 5.43 Å². The SMILES string of the molecule is CCn1c(-c2cccnc2[C@H](C)OC)c2c3cc(ccc31)-c1cc(O)cc(c1)C[C@H](NC(=O)[C@H](C(C)C)N(C)C(=O)[C@H]1CCN(C(=O)C3CO3)C1)C(=O)N1CCC[C@H](N1)C(=O)OCC(C)(C)C2. The molecular weight excluding hydrogens is 855 g/mol. The molecule has 0 radical (unpaired) electrons. The van der Waals surface area contributed by atoms with Crippen molar-refractivity contribution >= 4 is 40.5 Å². The number of epoxide rings is 1. The number of ether oxygens (including phenoxy) is 3. The van der Waals surface area contributed by atoms with Crippen molar-refractivity contribution < 1.29 is 43.3 Å². The number of hydrogen-bond acceptors (Lipinski definition) is 11. The fraction of sp³-hybridized carbons (Fsp3) is 0.529. The van der Waals surface area contributed by atoms with Gasteiger partial charge in [-0.05, 0) is 104 Å². The van der Waals surface area contributed by atoms with Crippen molar-refractivity contribution in [1.82, 2.24) is 35.1 Å². The average Bonchev–Trinajstić information content (AvgIpc) is 3.97. The predicted octanol–water partition coefficient (Wildman–Crippen LogP) is 5.18. The molecule has 8 rings (SSSR count). The highest BCUT2D eigenvalue weighted by Gasteiger charge is 2.43. The van der Waals surface area contributed by atoms with E-state index in [9.17, 15) is 29.1 Å². The zero-order valence-electron chi connectivity index (χ0n) is 40.0. The first-order chi connectivity index (χ1) is 32.0. The first-order valence-electron chi connectivity index (χ1n) is 23.7. The number of aromatic nitrogens is 2. The highest BCUT2D eigenvalue weighted by Crippen LogP contribution is 2.42. The predicted molar refractivity (Wildman–Crippen MR) is 251 cm³/mol. The lowest BCUT2D eigenvalue weighted by Crippen LogP contribution is -2.62. The zero-order chi connectivity index (χ0) is 47.9. The number of carbonyl (C=O) groups excluding carboxylic acids is 5. The van der Waals surface area contributed by atoms with Crippen LogP contribution in [-0.4, -0.2) is 130 Å². The Kier molecular flexibility index (Phi) is 13.8. The maximum atomic E-state index is 14.7. The van der Waals surface area contributed by atoms with Gasteiger partial charge in [0.2, 0.25) is 11.8 Å². The van der Waals surface area contributed by atoms with Gasteiger partial charge in [-0.2, -0.15) is 0 Å². The van der Waals surface area contributed by atoms with Crippen LogP contribution in [0.15, 0.2) is 54.7 Å². The number of hydrogen-bond donors (Lipinski definition) is 3. The third-order valence-electron chi connectivity index (χ3n) is 13.8. The number of amides is 4. The second-order valence-electron chi connectivity index (χ2n) is 19.8. The summed E-state index contributed by atoms with van der Waals surface area (Å²) < 4.78 is 19.4. The van der Waals surface area contributed by atoms with Crippen LogP contribution in [0.5, 0.6) is 5.75 Å². The molecule has 6 heterocycles. The molecular formula is C51H65N7O9. The van der Waals surface area contributed by atoms with Gasteiger partial charge in [-0.1, -0.05) is 39.8 Å². The van der Waals surface area contributed by atoms with Crippen LogP contribution in [0, 0.1) is 17.3 Å². The Labute approximate surface area is 392 Å². The highest BCUT2D eigenvalue weighted by molar-refractivity contribution is 5.96. The zero-order valence-corrected chi connectivity index (χ0v) is 40.0. The van der Waals surface area contributed by atoms with Crippen LogP contribution in [0.25, 0.3) is 33.3 Å². The molecule has 67 heavy (non-hydrogen) atoms. The summed E-state index contributed by atoms with van der Waals surface area (Å²) in [4.78, 5) is 77.8. The van der Waals surface area contributed by atoms with Crippen LogP contribution in [0.2, 0.25) is 0 Å². The van der Waals surface area contributed by atoms with Gasteiger partial charge in [0.15, 0.2) is 6.10 Å². The lowest BCUT2D eigenvalue weighted by atomic mass is 9.84. The van der Waals surface area contributed by atoms with Crippen LogP contribution >= 0.6 is 0 Å². The summed E-state index contributed by atoms with van der Waals surface area (Å²) in [6.07, 6.45) is 2.99. The Morgan fingerprint density at radius 3 is 2.55 bits per heavy atom. The number of cyclic esters (lactones) is 1. The highest BCUT2D eigenvalue weighted by atomic mass is 16.6. The van der Waals surface area contributed by atoms with Gasteiger partial charge in [0.25, 0.3) is 11.8 Å².